The number of aromatic hydroxyl groups is 1. The second kappa shape index (κ2) is 18.8. The zero-order valence-corrected chi connectivity index (χ0v) is 42.7. The number of fused-ring (bicyclic) bond motifs is 11. The normalized spacial score (nSPS) is 38.7. The van der Waals surface area contributed by atoms with Crippen LogP contribution in [-0.4, -0.2) is 80.5 Å². The molecule has 1 amide bonds. The van der Waals surface area contributed by atoms with Crippen molar-refractivity contribution in [2.45, 2.75) is 189 Å². The number of guanidine groups is 1. The minimum atomic E-state index is -0.776. The number of carbonyl (C=O) groups is 2. The Bertz CT molecular complexity index is 2290. The number of aliphatic hydroxyl groups excluding tert-OH is 1. The number of allylic oxidation sites excluding steroid dienone is 3. The molecule has 3 spiro atoms. The van der Waals surface area contributed by atoms with Crippen molar-refractivity contribution in [2.75, 3.05) is 25.4 Å². The van der Waals surface area contributed by atoms with E-state index < -0.39 is 22.7 Å². The van der Waals surface area contributed by atoms with Gasteiger partial charge in [-0.2, -0.15) is 0 Å². The van der Waals surface area contributed by atoms with E-state index in [1.807, 2.05) is 32.6 Å². The average Bonchev–Trinajstić information content (AvgIpc) is 4.06. The Kier molecular flexibility index (Phi) is 13.1. The molecule has 12 nitrogen and oxygen atoms in total. The number of hydrogen-bond donors (Lipinski definition) is 6. The molecule has 6 fully saturated rings. The first kappa shape index (κ1) is 47.8. The van der Waals surface area contributed by atoms with Gasteiger partial charge in [0, 0.05) is 91.4 Å². The zero-order chi connectivity index (χ0) is 47.6. The number of esters is 1. The quantitative estimate of drug-likeness (QED) is 0.0961. The first-order chi connectivity index (χ1) is 33.3. The van der Waals surface area contributed by atoms with Gasteiger partial charge in [-0.3, -0.25) is 14.6 Å². The van der Waals surface area contributed by atoms with Crippen LogP contribution in [0, 0.1) is 34.5 Å². The average molecular weight is 983 g/mol. The van der Waals surface area contributed by atoms with E-state index in [9.17, 15) is 19.8 Å². The van der Waals surface area contributed by atoms with Crippen molar-refractivity contribution < 1.29 is 29.3 Å². The summed E-state index contributed by atoms with van der Waals surface area (Å²) < 4.78 is 13.7. The Morgan fingerprint density at radius 2 is 1.84 bits per heavy atom. The topological polar surface area (TPSA) is 185 Å². The van der Waals surface area contributed by atoms with Gasteiger partial charge in [0.1, 0.15) is 16.1 Å². The number of benzene rings is 1. The van der Waals surface area contributed by atoms with E-state index in [2.05, 4.69) is 34.9 Å². The number of phenols is 1. The molecule has 6 aliphatic heterocycles. The minimum Gasteiger partial charge on any atom is -0.504 e. The van der Waals surface area contributed by atoms with Gasteiger partial charge in [-0.1, -0.05) is 59.4 Å². The molecule has 69 heavy (non-hydrogen) atoms. The summed E-state index contributed by atoms with van der Waals surface area (Å²) in [6.45, 7) is 3.41. The van der Waals surface area contributed by atoms with Crippen molar-refractivity contribution in [3.05, 3.63) is 58.5 Å². The maximum Gasteiger partial charge on any atom is 0.303 e. The number of nitrogens with one attached hydrogen (secondary N) is 2. The second-order valence-electron chi connectivity index (χ2n) is 23.6. The lowest BCUT2D eigenvalue weighted by Gasteiger charge is -2.54. The number of aliphatic hydroxyl groups is 1. The van der Waals surface area contributed by atoms with E-state index in [1.54, 1.807) is 0 Å². The van der Waals surface area contributed by atoms with Crippen LogP contribution in [0.4, 0.5) is 0 Å². The summed E-state index contributed by atoms with van der Waals surface area (Å²) in [5.74, 6) is 3.60. The molecule has 10 bridgehead atoms. The highest BCUT2D eigenvalue weighted by Gasteiger charge is 2.58. The molecule has 8 N–H and O–H groups in total. The zero-order valence-electron chi connectivity index (χ0n) is 41.0. The summed E-state index contributed by atoms with van der Waals surface area (Å²) in [5.41, 5.74) is 15.8. The largest absolute Gasteiger partial charge is 0.504 e. The van der Waals surface area contributed by atoms with E-state index in [-0.39, 0.29) is 58.1 Å². The molecule has 13 rings (SSSR count). The summed E-state index contributed by atoms with van der Waals surface area (Å²) in [7, 11) is 4.00. The van der Waals surface area contributed by atoms with Gasteiger partial charge in [0.15, 0.2) is 17.5 Å². The van der Waals surface area contributed by atoms with Crippen molar-refractivity contribution in [3.63, 3.8) is 0 Å². The Morgan fingerprint density at radius 3 is 2.68 bits per heavy atom. The third-order valence-electron chi connectivity index (χ3n) is 19.5. The molecule has 14 heteroatoms. The molecular weight excluding hydrogens is 905 g/mol. The highest BCUT2D eigenvalue weighted by molar-refractivity contribution is 8.77. The predicted octanol–water partition coefficient (Wildman–Crippen LogP) is 9.14. The van der Waals surface area contributed by atoms with Gasteiger partial charge >= 0.3 is 5.97 Å². The van der Waals surface area contributed by atoms with Crippen molar-refractivity contribution in [3.8, 4) is 11.5 Å². The van der Waals surface area contributed by atoms with Crippen LogP contribution in [0.1, 0.15) is 171 Å². The molecule has 6 heterocycles. The van der Waals surface area contributed by atoms with E-state index >= 15 is 0 Å². The van der Waals surface area contributed by atoms with Gasteiger partial charge in [-0.05, 0) is 150 Å². The number of aliphatic imine (C=N–C) groups is 1. The molecule has 5 saturated carbocycles. The monoisotopic (exact) mass is 983 g/mol. The number of hydrogen-bond acceptors (Lipinski definition) is 13. The summed E-state index contributed by atoms with van der Waals surface area (Å²) >= 11 is 0. The summed E-state index contributed by atoms with van der Waals surface area (Å²) in [6, 6.07) is 2.16. The predicted molar refractivity (Wildman–Crippen MR) is 274 cm³/mol. The van der Waals surface area contributed by atoms with Gasteiger partial charge in [0.25, 0.3) is 0 Å². The third kappa shape index (κ3) is 8.88. The highest BCUT2D eigenvalue weighted by Crippen LogP contribution is 2.64. The van der Waals surface area contributed by atoms with Crippen LogP contribution in [-0.2, 0) is 27.3 Å². The Hall–Kier alpha value is -3.49. The van der Waals surface area contributed by atoms with Crippen LogP contribution in [0.2, 0.25) is 0 Å². The van der Waals surface area contributed by atoms with Crippen molar-refractivity contribution in [2.24, 2.45) is 51.0 Å². The molecule has 1 aromatic rings. The lowest BCUT2D eigenvalue weighted by atomic mass is 9.57. The smallest absolute Gasteiger partial charge is 0.303 e. The van der Waals surface area contributed by atoms with Crippen LogP contribution in [0.25, 0.3) is 0 Å². The first-order valence-corrected chi connectivity index (χ1v) is 29.3. The Balaban J connectivity index is 0.960. The maximum absolute atomic E-state index is 14.6. The minimum absolute atomic E-state index is 0.0150. The number of nitrogens with two attached hydrogens (primary N) is 2. The van der Waals surface area contributed by atoms with Crippen LogP contribution in [0.3, 0.4) is 0 Å². The van der Waals surface area contributed by atoms with E-state index in [0.717, 1.165) is 99.5 Å². The number of carbonyl (C=O) groups excluding carboxylic acids is 2. The lowest BCUT2D eigenvalue weighted by molar-refractivity contribution is -0.195. The van der Waals surface area contributed by atoms with Crippen LogP contribution >= 0.6 is 21.6 Å². The fraction of sp³-hybridized carbons (Fsp3) is 0.727. The van der Waals surface area contributed by atoms with Crippen LogP contribution in [0.5, 0.6) is 11.5 Å². The second-order valence-corrected chi connectivity index (χ2v) is 26.3. The standard InChI is InChI=1S/C55H78N6O6S2/c1-35(62)66-54-30-38-11-12-42(54)28-39-26-40(48(65)49-47(39)37-13-20-53(67-49)18-7-9-41(53)27-37)33-61-34-51(32-46(61)64,29-36-14-22-58-45(56)25-36)21-23-59-50(57)60-55(19-8-17-52(55)15-4-5-16-52)69-68-24-6-2-3-10-43(38)44(63)31-54/h13-14,20,25-26,37-38,41-44,58,63,65H,2-12,15-19,21-24,27-34,56H2,1H3,(H3,57,59,60)/t37-,38+,41-,42+,43-,44-,51+,53+,54+,55+/m1/s1. The van der Waals surface area contributed by atoms with E-state index in [0.29, 0.717) is 80.7 Å². The number of dihydropyridines is 1. The molecule has 1 aromatic carbocycles. The van der Waals surface area contributed by atoms with E-state index in [4.69, 9.17) is 25.9 Å². The first-order valence-electron chi connectivity index (χ1n) is 27.0. The van der Waals surface area contributed by atoms with Gasteiger partial charge in [-0.15, -0.1) is 0 Å². The molecule has 10 atom stereocenters. The van der Waals surface area contributed by atoms with Crippen molar-refractivity contribution in [1.82, 2.24) is 15.5 Å². The number of amides is 1. The third-order valence-corrected chi connectivity index (χ3v) is 22.8. The molecule has 12 aliphatic rings. The lowest BCUT2D eigenvalue weighted by Crippen LogP contribution is -2.56. The molecule has 376 valence electrons. The summed E-state index contributed by atoms with van der Waals surface area (Å²) in [6.07, 6.45) is 30.5. The summed E-state index contributed by atoms with van der Waals surface area (Å²) in [5, 5.41) is 31.8. The van der Waals surface area contributed by atoms with Crippen molar-refractivity contribution in [1.29, 1.82) is 0 Å². The van der Waals surface area contributed by atoms with Gasteiger partial charge < -0.3 is 46.7 Å². The number of nitrogens with zero attached hydrogens (tertiary/aromatic N) is 2. The summed E-state index contributed by atoms with van der Waals surface area (Å²) in [4.78, 5) is 34.6. The fourth-order valence-corrected chi connectivity index (χ4v) is 19.8. The maximum atomic E-state index is 14.6. The number of ether oxygens (including phenoxy) is 2. The molecule has 0 unspecified atom stereocenters. The van der Waals surface area contributed by atoms with Crippen LogP contribution in [0.15, 0.2) is 46.8 Å². The van der Waals surface area contributed by atoms with Gasteiger partial charge in [0.05, 0.1) is 11.9 Å². The number of rotatable bonds is 3. The molecule has 1 saturated heterocycles. The van der Waals surface area contributed by atoms with Crippen molar-refractivity contribution >= 4 is 39.4 Å². The van der Waals surface area contributed by atoms with Crippen LogP contribution < -0.4 is 26.8 Å². The number of phenolic OH excluding ortho intramolecular Hbond substituents is 1. The van der Waals surface area contributed by atoms with Gasteiger partial charge in [-0.25, -0.2) is 0 Å². The fourth-order valence-electron chi connectivity index (χ4n) is 16.3. The molecule has 0 aromatic heterocycles. The Labute approximate surface area is 417 Å². The molecule has 6 aliphatic carbocycles. The molecular formula is C55H78N6O6S2. The Morgan fingerprint density at radius 1 is 0.986 bits per heavy atom. The van der Waals surface area contributed by atoms with Gasteiger partial charge in [0.2, 0.25) is 5.91 Å². The van der Waals surface area contributed by atoms with E-state index in [1.165, 1.54) is 45.4 Å². The molecule has 0 radical (unpaired) electrons. The highest BCUT2D eigenvalue weighted by atomic mass is 33.1. The SMILES string of the molecule is CC(=O)O[C@]12C[C@@H]3CC[C@H]1Cc1cc(c(O)c4c1[C@@H]1C=C[C@]5(CCC[C@@H]5C1)O4)CN1C[C@](CC4=CCNC(N)=C4)(CCN=C(N)N[C@@]4(CCCC45CCCC5)SSCCCCC[C@H]3[C@H](O)C2)CC1=O.